The number of carbonyl (C=O) groups excluding carboxylic acids is 1. The molecular formula is C21H29N5O. The third kappa shape index (κ3) is 3.99. The predicted octanol–water partition coefficient (Wildman–Crippen LogP) is 3.18. The predicted molar refractivity (Wildman–Crippen MR) is 106 cm³/mol. The van der Waals surface area contributed by atoms with Gasteiger partial charge in [-0.3, -0.25) is 4.79 Å². The molecule has 1 aliphatic heterocycles. The van der Waals surface area contributed by atoms with Crippen molar-refractivity contribution in [1.29, 1.82) is 0 Å². The van der Waals surface area contributed by atoms with Crippen LogP contribution in [0, 0.1) is 6.92 Å². The van der Waals surface area contributed by atoms with E-state index in [-0.39, 0.29) is 11.9 Å². The molecule has 1 unspecified atom stereocenters. The molecule has 1 aromatic carbocycles. The van der Waals surface area contributed by atoms with Crippen molar-refractivity contribution >= 4 is 11.6 Å². The van der Waals surface area contributed by atoms with Gasteiger partial charge in [-0.25, -0.2) is 0 Å². The van der Waals surface area contributed by atoms with Gasteiger partial charge in [-0.1, -0.05) is 17.7 Å². The quantitative estimate of drug-likeness (QED) is 0.851. The van der Waals surface area contributed by atoms with E-state index in [1.165, 1.54) is 18.4 Å². The van der Waals surface area contributed by atoms with E-state index in [4.69, 9.17) is 0 Å². The zero-order valence-electron chi connectivity index (χ0n) is 16.5. The lowest BCUT2D eigenvalue weighted by Crippen LogP contribution is -2.51. The lowest BCUT2D eigenvalue weighted by Gasteiger charge is -2.29. The number of hydrogen-bond donors (Lipinski definition) is 2. The second-order valence-electron chi connectivity index (χ2n) is 8.51. The van der Waals surface area contributed by atoms with Crippen LogP contribution in [0.2, 0.25) is 0 Å². The first-order valence-corrected chi connectivity index (χ1v) is 10.0. The van der Waals surface area contributed by atoms with Crippen molar-refractivity contribution in [2.75, 3.05) is 5.32 Å². The van der Waals surface area contributed by atoms with Crippen LogP contribution in [0.15, 0.2) is 24.3 Å². The second-order valence-corrected chi connectivity index (χ2v) is 8.51. The number of amides is 1. The van der Waals surface area contributed by atoms with Crippen LogP contribution in [0.1, 0.15) is 62.7 Å². The Bertz CT molecular complexity index is 820. The normalized spacial score (nSPS) is 19.9. The van der Waals surface area contributed by atoms with E-state index in [0.29, 0.717) is 5.92 Å². The zero-order chi connectivity index (χ0) is 19.0. The highest BCUT2D eigenvalue weighted by atomic mass is 16.2. The van der Waals surface area contributed by atoms with Crippen molar-refractivity contribution in [3.8, 4) is 0 Å². The lowest BCUT2D eigenvalue weighted by molar-refractivity contribution is -0.125. The molecule has 4 rings (SSSR count). The summed E-state index contributed by atoms with van der Waals surface area (Å²) in [6.07, 6.45) is 5.18. The Morgan fingerprint density at radius 1 is 1.11 bits per heavy atom. The van der Waals surface area contributed by atoms with Gasteiger partial charge in [0.05, 0.1) is 0 Å². The van der Waals surface area contributed by atoms with E-state index >= 15 is 0 Å². The molecule has 0 radical (unpaired) electrons. The number of anilines is 1. The monoisotopic (exact) mass is 367 g/mol. The number of aryl methyl sites for hydroxylation is 2. The van der Waals surface area contributed by atoms with Crippen LogP contribution < -0.4 is 10.6 Å². The third-order valence-corrected chi connectivity index (χ3v) is 5.63. The molecule has 1 aliphatic carbocycles. The van der Waals surface area contributed by atoms with Crippen LogP contribution in [-0.4, -0.2) is 32.3 Å². The fourth-order valence-corrected chi connectivity index (χ4v) is 3.72. The first kappa shape index (κ1) is 18.0. The molecule has 1 saturated carbocycles. The summed E-state index contributed by atoms with van der Waals surface area (Å²) in [6.45, 7) is 6.81. The van der Waals surface area contributed by atoms with Crippen molar-refractivity contribution < 1.29 is 4.79 Å². The molecule has 27 heavy (non-hydrogen) atoms. The number of hydrogen-bond acceptors (Lipinski definition) is 4. The topological polar surface area (TPSA) is 71.8 Å². The Balaban J connectivity index is 1.37. The summed E-state index contributed by atoms with van der Waals surface area (Å²) in [6, 6.07) is 8.30. The van der Waals surface area contributed by atoms with E-state index in [2.05, 4.69) is 44.5 Å². The first-order chi connectivity index (χ1) is 12.9. The van der Waals surface area contributed by atoms with Gasteiger partial charge in [-0.2, -0.15) is 0 Å². The minimum Gasteiger partial charge on any atom is -0.372 e. The third-order valence-electron chi connectivity index (χ3n) is 5.63. The van der Waals surface area contributed by atoms with Gasteiger partial charge in [-0.05, 0) is 58.6 Å². The summed E-state index contributed by atoms with van der Waals surface area (Å²) < 4.78 is 2.29. The summed E-state index contributed by atoms with van der Waals surface area (Å²) in [7, 11) is 0. The molecule has 1 atom stereocenters. The Labute approximate surface area is 160 Å². The van der Waals surface area contributed by atoms with Crippen molar-refractivity contribution in [1.82, 2.24) is 20.1 Å². The minimum atomic E-state index is -0.671. The van der Waals surface area contributed by atoms with Crippen LogP contribution >= 0.6 is 0 Å². The molecule has 1 amide bonds. The molecule has 2 heterocycles. The highest BCUT2D eigenvalue weighted by Gasteiger charge is 2.33. The van der Waals surface area contributed by atoms with Crippen LogP contribution in [0.5, 0.6) is 0 Å². The van der Waals surface area contributed by atoms with Crippen LogP contribution in [0.25, 0.3) is 0 Å². The minimum absolute atomic E-state index is 0.0353. The number of carbonyl (C=O) groups is 1. The van der Waals surface area contributed by atoms with Crippen molar-refractivity contribution in [2.45, 2.75) is 76.9 Å². The van der Waals surface area contributed by atoms with Gasteiger partial charge in [-0.15, -0.1) is 10.2 Å². The molecule has 1 fully saturated rings. The molecule has 0 spiro atoms. The molecule has 2 aromatic rings. The van der Waals surface area contributed by atoms with Gasteiger partial charge in [0.2, 0.25) is 5.91 Å². The van der Waals surface area contributed by atoms with Crippen molar-refractivity contribution in [3.05, 3.63) is 41.5 Å². The summed E-state index contributed by atoms with van der Waals surface area (Å²) in [5.41, 5.74) is 1.50. The number of nitrogens with zero attached hydrogens (tertiary/aromatic N) is 3. The van der Waals surface area contributed by atoms with Crippen LogP contribution in [-0.2, 0) is 17.8 Å². The molecule has 6 nitrogen and oxygen atoms in total. The van der Waals surface area contributed by atoms with E-state index in [1.807, 2.05) is 26.0 Å². The summed E-state index contributed by atoms with van der Waals surface area (Å²) in [4.78, 5) is 12.9. The molecule has 2 aliphatic rings. The number of benzene rings is 1. The van der Waals surface area contributed by atoms with Gasteiger partial charge in [0, 0.05) is 30.6 Å². The van der Waals surface area contributed by atoms with Gasteiger partial charge in [0.25, 0.3) is 0 Å². The molecule has 6 heteroatoms. The second kappa shape index (κ2) is 6.98. The highest BCUT2D eigenvalue weighted by Crippen LogP contribution is 2.39. The fourth-order valence-electron chi connectivity index (χ4n) is 3.72. The Kier molecular flexibility index (Phi) is 4.66. The maximum absolute atomic E-state index is 12.9. The number of nitrogens with one attached hydrogen (secondary N) is 2. The number of aromatic nitrogens is 3. The number of rotatable bonds is 5. The standard InChI is InChI=1S/C21H29N5O/c1-14-4-8-17(9-5-14)23-21(2,3)20(27)22-16-10-11-18-24-25-19(15-6-7-15)26(18)13-12-16/h4-5,8-9,15-16,23H,6-7,10-13H2,1-3H3,(H,22,27). The van der Waals surface area contributed by atoms with E-state index < -0.39 is 5.54 Å². The maximum atomic E-state index is 12.9. The molecule has 0 bridgehead atoms. The van der Waals surface area contributed by atoms with E-state index in [0.717, 1.165) is 43.1 Å². The summed E-state index contributed by atoms with van der Waals surface area (Å²) in [5, 5.41) is 15.4. The molecule has 2 N–H and O–H groups in total. The Morgan fingerprint density at radius 2 is 1.85 bits per heavy atom. The van der Waals surface area contributed by atoms with Crippen molar-refractivity contribution in [3.63, 3.8) is 0 Å². The maximum Gasteiger partial charge on any atom is 0.245 e. The van der Waals surface area contributed by atoms with E-state index in [9.17, 15) is 4.79 Å². The SMILES string of the molecule is Cc1ccc(NC(C)(C)C(=O)NC2CCc3nnc(C4CC4)n3CC2)cc1. The average Bonchev–Trinajstić information content (AvgIpc) is 3.43. The lowest BCUT2D eigenvalue weighted by atomic mass is 10.0. The highest BCUT2D eigenvalue weighted by molar-refractivity contribution is 5.88. The average molecular weight is 367 g/mol. The van der Waals surface area contributed by atoms with Crippen LogP contribution in [0.4, 0.5) is 5.69 Å². The Hall–Kier alpha value is -2.37. The molecule has 144 valence electrons. The van der Waals surface area contributed by atoms with Gasteiger partial charge >= 0.3 is 0 Å². The largest absolute Gasteiger partial charge is 0.372 e. The Morgan fingerprint density at radius 3 is 2.56 bits per heavy atom. The zero-order valence-corrected chi connectivity index (χ0v) is 16.5. The van der Waals surface area contributed by atoms with Gasteiger partial charge in [0.1, 0.15) is 17.2 Å². The smallest absolute Gasteiger partial charge is 0.245 e. The van der Waals surface area contributed by atoms with E-state index in [1.54, 1.807) is 0 Å². The molecular weight excluding hydrogens is 338 g/mol. The summed E-state index contributed by atoms with van der Waals surface area (Å²) >= 11 is 0. The van der Waals surface area contributed by atoms with Crippen LogP contribution in [0.3, 0.4) is 0 Å². The van der Waals surface area contributed by atoms with Crippen molar-refractivity contribution in [2.24, 2.45) is 0 Å². The summed E-state index contributed by atoms with van der Waals surface area (Å²) in [5.74, 6) is 2.87. The number of fused-ring (bicyclic) bond motifs is 1. The fraction of sp³-hybridized carbons (Fsp3) is 0.571. The van der Waals surface area contributed by atoms with Gasteiger partial charge < -0.3 is 15.2 Å². The molecule has 1 aromatic heterocycles. The van der Waals surface area contributed by atoms with Gasteiger partial charge in [0.15, 0.2) is 0 Å². The molecule has 0 saturated heterocycles. The first-order valence-electron chi connectivity index (χ1n) is 10.0.